The predicted octanol–water partition coefficient (Wildman–Crippen LogP) is 0.475. The van der Waals surface area contributed by atoms with E-state index in [1.54, 1.807) is 17.8 Å². The number of rotatable bonds is 3. The summed E-state index contributed by atoms with van der Waals surface area (Å²) < 4.78 is 11.9. The van der Waals surface area contributed by atoms with E-state index in [-0.39, 0.29) is 5.97 Å². The molecule has 0 spiro atoms. The van der Waals surface area contributed by atoms with Gasteiger partial charge in [0.2, 0.25) is 0 Å². The molecule has 1 fully saturated rings. The lowest BCUT2D eigenvalue weighted by Gasteiger charge is -2.07. The van der Waals surface area contributed by atoms with Gasteiger partial charge in [-0.1, -0.05) is 5.21 Å². The fourth-order valence-corrected chi connectivity index (χ4v) is 1.78. The highest BCUT2D eigenvalue weighted by Gasteiger charge is 2.72. The summed E-state index contributed by atoms with van der Waals surface area (Å²) in [6, 6.07) is 0. The van der Waals surface area contributed by atoms with Crippen LogP contribution < -0.4 is 0 Å². The van der Waals surface area contributed by atoms with Crippen LogP contribution in [0.4, 0.5) is 0 Å². The third-order valence-electron chi connectivity index (χ3n) is 3.20. The number of epoxide rings is 1. The number of hydrogen-bond acceptors (Lipinski definition) is 5. The minimum atomic E-state index is -0.948. The Balaban J connectivity index is 2.26. The Morgan fingerprint density at radius 3 is 2.81 bits per heavy atom. The van der Waals surface area contributed by atoms with Crippen molar-refractivity contribution in [2.45, 2.75) is 38.5 Å². The van der Waals surface area contributed by atoms with Crippen molar-refractivity contribution < 1.29 is 14.3 Å². The molecule has 1 aliphatic heterocycles. The van der Waals surface area contributed by atoms with E-state index in [4.69, 9.17) is 9.47 Å². The van der Waals surface area contributed by atoms with Gasteiger partial charge in [0.15, 0.2) is 11.2 Å². The topological polar surface area (TPSA) is 69.5 Å². The second-order valence-corrected chi connectivity index (χ2v) is 4.12. The summed E-state index contributed by atoms with van der Waals surface area (Å²) in [4.78, 5) is 11.6. The van der Waals surface area contributed by atoms with Crippen LogP contribution in [0.5, 0.6) is 0 Å². The van der Waals surface area contributed by atoms with Gasteiger partial charge in [0, 0.05) is 6.54 Å². The molecule has 6 nitrogen and oxygen atoms in total. The Labute approximate surface area is 93.5 Å². The average molecular weight is 225 g/mol. The van der Waals surface area contributed by atoms with Crippen LogP contribution in [0.2, 0.25) is 0 Å². The second-order valence-electron chi connectivity index (χ2n) is 4.12. The van der Waals surface area contributed by atoms with Crippen molar-refractivity contribution in [1.82, 2.24) is 15.0 Å². The van der Waals surface area contributed by atoms with Gasteiger partial charge in [-0.3, -0.25) is 4.68 Å². The first-order valence-electron chi connectivity index (χ1n) is 5.17. The molecular weight excluding hydrogens is 210 g/mol. The van der Waals surface area contributed by atoms with Crippen molar-refractivity contribution in [2.75, 3.05) is 7.11 Å². The van der Waals surface area contributed by atoms with Crippen LogP contribution in [0.3, 0.4) is 0 Å². The molecule has 0 amide bonds. The fraction of sp³-hybridized carbons (Fsp3) is 0.700. The van der Waals surface area contributed by atoms with Crippen molar-refractivity contribution >= 4 is 5.97 Å². The molecule has 2 atom stereocenters. The highest BCUT2D eigenvalue weighted by Crippen LogP contribution is 2.55. The van der Waals surface area contributed by atoms with Crippen LogP contribution in [0.25, 0.3) is 0 Å². The third kappa shape index (κ3) is 1.26. The molecule has 0 saturated carbocycles. The molecule has 0 aliphatic carbocycles. The number of esters is 1. The van der Waals surface area contributed by atoms with Crippen molar-refractivity contribution in [3.05, 3.63) is 11.9 Å². The Morgan fingerprint density at radius 2 is 2.31 bits per heavy atom. The van der Waals surface area contributed by atoms with Gasteiger partial charge in [-0.2, -0.15) is 0 Å². The molecule has 0 N–H and O–H groups in total. The summed E-state index contributed by atoms with van der Waals surface area (Å²) in [6.07, 6.45) is 1.79. The lowest BCUT2D eigenvalue weighted by molar-refractivity contribution is -0.146. The number of hydrogen-bond donors (Lipinski definition) is 0. The van der Waals surface area contributed by atoms with Crippen LogP contribution in [-0.2, 0) is 26.4 Å². The molecule has 2 rings (SSSR count). The quantitative estimate of drug-likeness (QED) is 0.552. The Bertz CT molecular complexity index is 431. The standard InChI is InChI=1S/C10H15N3O3/c1-5-13-6-7(11-12-13)9(2)10(3,16-9)8(14)15-4/h6H,5H2,1-4H3. The summed E-state index contributed by atoms with van der Waals surface area (Å²) in [5.41, 5.74) is -1.02. The largest absolute Gasteiger partial charge is 0.467 e. The van der Waals surface area contributed by atoms with Crippen molar-refractivity contribution in [3.8, 4) is 0 Å². The molecule has 0 bridgehead atoms. The Kier molecular flexibility index (Phi) is 2.27. The van der Waals surface area contributed by atoms with Gasteiger partial charge >= 0.3 is 5.97 Å². The molecule has 2 heterocycles. The van der Waals surface area contributed by atoms with Gasteiger partial charge in [0.05, 0.1) is 13.3 Å². The van der Waals surface area contributed by atoms with E-state index < -0.39 is 11.2 Å². The second kappa shape index (κ2) is 3.28. The normalized spacial score (nSPS) is 32.5. The Morgan fingerprint density at radius 1 is 1.62 bits per heavy atom. The maximum atomic E-state index is 11.6. The molecule has 0 aromatic carbocycles. The molecule has 1 aromatic heterocycles. The van der Waals surface area contributed by atoms with E-state index in [1.165, 1.54) is 7.11 Å². The summed E-state index contributed by atoms with van der Waals surface area (Å²) in [5.74, 6) is -0.388. The highest BCUT2D eigenvalue weighted by atomic mass is 16.7. The SMILES string of the molecule is CCn1cc(C2(C)OC2(C)C(=O)OC)nn1. The molecule has 1 aliphatic rings. The van der Waals surface area contributed by atoms with Crippen molar-refractivity contribution in [1.29, 1.82) is 0 Å². The molecule has 6 heteroatoms. The highest BCUT2D eigenvalue weighted by molar-refractivity contribution is 5.84. The summed E-state index contributed by atoms with van der Waals surface area (Å²) in [5, 5.41) is 7.94. The first kappa shape index (κ1) is 11.1. The van der Waals surface area contributed by atoms with Gasteiger partial charge in [0.1, 0.15) is 5.69 Å². The van der Waals surface area contributed by atoms with Crippen LogP contribution in [-0.4, -0.2) is 33.7 Å². The number of methoxy groups -OCH3 is 1. The number of aryl methyl sites for hydroxylation is 1. The van der Waals surface area contributed by atoms with Gasteiger partial charge in [-0.25, -0.2) is 4.79 Å². The zero-order valence-electron chi connectivity index (χ0n) is 9.85. The molecule has 1 saturated heterocycles. The maximum Gasteiger partial charge on any atom is 0.341 e. The zero-order chi connectivity index (χ0) is 12.0. The van der Waals surface area contributed by atoms with E-state index in [1.807, 2.05) is 13.8 Å². The van der Waals surface area contributed by atoms with Gasteiger partial charge < -0.3 is 9.47 Å². The molecular formula is C10H15N3O3. The summed E-state index contributed by atoms with van der Waals surface area (Å²) >= 11 is 0. The maximum absolute atomic E-state index is 11.6. The molecule has 16 heavy (non-hydrogen) atoms. The van der Waals surface area contributed by atoms with Gasteiger partial charge in [0.25, 0.3) is 0 Å². The number of carbonyl (C=O) groups excluding carboxylic acids is 1. The molecule has 0 radical (unpaired) electrons. The lowest BCUT2D eigenvalue weighted by atomic mass is 9.93. The number of carbonyl (C=O) groups is 1. The molecule has 2 unspecified atom stereocenters. The number of aromatic nitrogens is 3. The smallest absolute Gasteiger partial charge is 0.341 e. The van der Waals surface area contributed by atoms with Crippen LogP contribution in [0.15, 0.2) is 6.20 Å². The monoisotopic (exact) mass is 225 g/mol. The van der Waals surface area contributed by atoms with Crippen LogP contribution >= 0.6 is 0 Å². The number of ether oxygens (including phenoxy) is 2. The van der Waals surface area contributed by atoms with Crippen LogP contribution in [0, 0.1) is 0 Å². The first-order valence-corrected chi connectivity index (χ1v) is 5.17. The first-order chi connectivity index (χ1) is 7.48. The van der Waals surface area contributed by atoms with E-state index in [9.17, 15) is 4.79 Å². The Hall–Kier alpha value is -1.43. The number of nitrogens with zero attached hydrogens (tertiary/aromatic N) is 3. The zero-order valence-corrected chi connectivity index (χ0v) is 9.85. The third-order valence-corrected chi connectivity index (χ3v) is 3.20. The van der Waals surface area contributed by atoms with E-state index in [0.717, 1.165) is 6.54 Å². The van der Waals surface area contributed by atoms with Gasteiger partial charge in [-0.05, 0) is 20.8 Å². The van der Waals surface area contributed by atoms with E-state index in [2.05, 4.69) is 10.3 Å². The van der Waals surface area contributed by atoms with E-state index >= 15 is 0 Å². The molecule has 1 aromatic rings. The minimum absolute atomic E-state index is 0.388. The summed E-state index contributed by atoms with van der Waals surface area (Å²) in [7, 11) is 1.35. The van der Waals surface area contributed by atoms with Crippen molar-refractivity contribution in [3.63, 3.8) is 0 Å². The average Bonchev–Trinajstić information content (AvgIpc) is 2.72. The van der Waals surface area contributed by atoms with Crippen molar-refractivity contribution in [2.24, 2.45) is 0 Å². The van der Waals surface area contributed by atoms with Gasteiger partial charge in [-0.15, -0.1) is 5.10 Å². The van der Waals surface area contributed by atoms with E-state index in [0.29, 0.717) is 5.69 Å². The molecule has 88 valence electrons. The fourth-order valence-electron chi connectivity index (χ4n) is 1.78. The predicted molar refractivity (Wildman–Crippen MR) is 54.6 cm³/mol. The van der Waals surface area contributed by atoms with Crippen LogP contribution in [0.1, 0.15) is 26.5 Å². The summed E-state index contributed by atoms with van der Waals surface area (Å²) in [6.45, 7) is 6.21. The minimum Gasteiger partial charge on any atom is -0.467 e. The lowest BCUT2D eigenvalue weighted by Crippen LogP contribution is -2.29.